The van der Waals surface area contributed by atoms with Crippen molar-refractivity contribution >= 4 is 28.9 Å². The maximum Gasteiger partial charge on any atom is 0.303 e. The molecule has 0 radical (unpaired) electrons. The van der Waals surface area contributed by atoms with Gasteiger partial charge in [-0.05, 0) is 42.0 Å². The van der Waals surface area contributed by atoms with Crippen LogP contribution in [-0.2, 0) is 9.59 Å². The molecule has 1 aromatic carbocycles. The van der Waals surface area contributed by atoms with E-state index in [9.17, 15) is 9.59 Å². The minimum atomic E-state index is -0.820. The maximum absolute atomic E-state index is 11.8. The van der Waals surface area contributed by atoms with Crippen molar-refractivity contribution in [2.75, 3.05) is 5.32 Å². The summed E-state index contributed by atoms with van der Waals surface area (Å²) in [6.45, 7) is 0. The maximum atomic E-state index is 11.8. The Balaban J connectivity index is 1.86. The van der Waals surface area contributed by atoms with Gasteiger partial charge in [0, 0.05) is 23.4 Å². The van der Waals surface area contributed by atoms with Crippen LogP contribution in [0.1, 0.15) is 25.7 Å². The van der Waals surface area contributed by atoms with E-state index in [1.165, 1.54) is 0 Å². The van der Waals surface area contributed by atoms with Gasteiger partial charge < -0.3 is 10.4 Å². The molecule has 0 aliphatic carbocycles. The molecule has 0 atom stereocenters. The Morgan fingerprint density at radius 3 is 2.62 bits per heavy atom. The average molecular weight is 303 g/mol. The van der Waals surface area contributed by atoms with Crippen molar-refractivity contribution in [3.8, 4) is 10.4 Å². The molecule has 0 spiro atoms. The van der Waals surface area contributed by atoms with Crippen molar-refractivity contribution in [3.05, 3.63) is 41.8 Å². The fourth-order valence-corrected chi connectivity index (χ4v) is 2.70. The highest BCUT2D eigenvalue weighted by molar-refractivity contribution is 7.13. The summed E-state index contributed by atoms with van der Waals surface area (Å²) in [5, 5.41) is 13.4. The number of carbonyl (C=O) groups is 2. The highest BCUT2D eigenvalue weighted by Crippen LogP contribution is 2.26. The van der Waals surface area contributed by atoms with Crippen LogP contribution in [0.25, 0.3) is 10.4 Å². The minimum absolute atomic E-state index is 0.0799. The predicted octanol–water partition coefficient (Wildman–Crippen LogP) is 4.00. The summed E-state index contributed by atoms with van der Waals surface area (Å²) in [6.07, 6.45) is 1.57. The number of benzene rings is 1. The molecule has 1 amide bonds. The zero-order valence-electron chi connectivity index (χ0n) is 11.5. The molecule has 21 heavy (non-hydrogen) atoms. The third kappa shape index (κ3) is 5.04. The first kappa shape index (κ1) is 15.3. The van der Waals surface area contributed by atoms with Crippen LogP contribution in [0.15, 0.2) is 41.8 Å². The lowest BCUT2D eigenvalue weighted by Crippen LogP contribution is -2.11. The molecule has 0 aliphatic rings. The fraction of sp³-hybridized carbons (Fsp3) is 0.250. The second-order valence-electron chi connectivity index (χ2n) is 4.71. The van der Waals surface area contributed by atoms with Crippen LogP contribution < -0.4 is 5.32 Å². The number of unbranched alkanes of at least 4 members (excludes halogenated alkanes) is 1. The van der Waals surface area contributed by atoms with E-state index in [0.717, 1.165) is 16.1 Å². The van der Waals surface area contributed by atoms with Gasteiger partial charge in [0.05, 0.1) is 0 Å². The van der Waals surface area contributed by atoms with Crippen molar-refractivity contribution in [2.45, 2.75) is 25.7 Å². The SMILES string of the molecule is O=C(O)CCCCC(=O)Nc1cccc(-c2cccs2)c1. The van der Waals surface area contributed by atoms with Gasteiger partial charge >= 0.3 is 5.97 Å². The van der Waals surface area contributed by atoms with Gasteiger partial charge in [0.1, 0.15) is 0 Å². The summed E-state index contributed by atoms with van der Waals surface area (Å²) in [5.74, 6) is -0.900. The van der Waals surface area contributed by atoms with Gasteiger partial charge in [-0.15, -0.1) is 11.3 Å². The third-order valence-corrected chi connectivity index (χ3v) is 3.92. The van der Waals surface area contributed by atoms with Crippen LogP contribution in [0, 0.1) is 0 Å². The van der Waals surface area contributed by atoms with Crippen molar-refractivity contribution in [1.29, 1.82) is 0 Å². The van der Waals surface area contributed by atoms with Gasteiger partial charge in [0.25, 0.3) is 0 Å². The fourth-order valence-electron chi connectivity index (χ4n) is 1.98. The molecular weight excluding hydrogens is 286 g/mol. The van der Waals surface area contributed by atoms with Crippen LogP contribution >= 0.6 is 11.3 Å². The van der Waals surface area contributed by atoms with Crippen molar-refractivity contribution in [3.63, 3.8) is 0 Å². The Hall–Kier alpha value is -2.14. The molecule has 1 heterocycles. The van der Waals surface area contributed by atoms with Gasteiger partial charge in [-0.25, -0.2) is 0 Å². The number of rotatable bonds is 7. The molecule has 2 N–H and O–H groups in total. The Labute approximate surface area is 127 Å². The molecule has 0 unspecified atom stereocenters. The molecule has 2 aromatic rings. The van der Waals surface area contributed by atoms with Crippen LogP contribution in [0.3, 0.4) is 0 Å². The van der Waals surface area contributed by atoms with Gasteiger partial charge in [0.15, 0.2) is 0 Å². The molecular formula is C16H17NO3S. The molecule has 2 rings (SSSR count). The number of hydrogen-bond acceptors (Lipinski definition) is 3. The van der Waals surface area contributed by atoms with E-state index in [-0.39, 0.29) is 12.3 Å². The van der Waals surface area contributed by atoms with Crippen LogP contribution in [0.4, 0.5) is 5.69 Å². The van der Waals surface area contributed by atoms with E-state index in [2.05, 4.69) is 5.32 Å². The highest BCUT2D eigenvalue weighted by atomic mass is 32.1. The topological polar surface area (TPSA) is 66.4 Å². The normalized spacial score (nSPS) is 10.3. The second kappa shape index (κ2) is 7.59. The molecule has 0 saturated heterocycles. The molecule has 1 aromatic heterocycles. The minimum Gasteiger partial charge on any atom is -0.481 e. The number of amides is 1. The predicted molar refractivity (Wildman–Crippen MR) is 84.5 cm³/mol. The van der Waals surface area contributed by atoms with Crippen molar-refractivity contribution in [1.82, 2.24) is 0 Å². The molecule has 0 fully saturated rings. The Kier molecular flexibility index (Phi) is 5.51. The smallest absolute Gasteiger partial charge is 0.303 e. The number of thiophene rings is 1. The number of nitrogens with one attached hydrogen (secondary N) is 1. The van der Waals surface area contributed by atoms with E-state index < -0.39 is 5.97 Å². The highest BCUT2D eigenvalue weighted by Gasteiger charge is 2.05. The largest absolute Gasteiger partial charge is 0.481 e. The Morgan fingerprint density at radius 2 is 1.90 bits per heavy atom. The zero-order valence-corrected chi connectivity index (χ0v) is 12.4. The van der Waals surface area contributed by atoms with Crippen molar-refractivity contribution < 1.29 is 14.7 Å². The lowest BCUT2D eigenvalue weighted by atomic mass is 10.1. The van der Waals surface area contributed by atoms with Crippen LogP contribution in [0.2, 0.25) is 0 Å². The number of hydrogen-bond donors (Lipinski definition) is 2. The summed E-state index contributed by atoms with van der Waals surface area (Å²) < 4.78 is 0. The summed E-state index contributed by atoms with van der Waals surface area (Å²) in [4.78, 5) is 23.3. The summed E-state index contributed by atoms with van der Waals surface area (Å²) in [7, 11) is 0. The monoisotopic (exact) mass is 303 g/mol. The number of aliphatic carboxylic acids is 1. The lowest BCUT2D eigenvalue weighted by Gasteiger charge is -2.06. The van der Waals surface area contributed by atoms with Gasteiger partial charge in [-0.1, -0.05) is 18.2 Å². The van der Waals surface area contributed by atoms with E-state index in [0.29, 0.717) is 19.3 Å². The summed E-state index contributed by atoms with van der Waals surface area (Å²) in [5.41, 5.74) is 1.85. The molecule has 110 valence electrons. The Bertz CT molecular complexity index is 608. The second-order valence-corrected chi connectivity index (χ2v) is 5.65. The lowest BCUT2D eigenvalue weighted by molar-refractivity contribution is -0.137. The number of carboxylic acid groups (broad SMARTS) is 1. The first-order valence-electron chi connectivity index (χ1n) is 6.81. The Morgan fingerprint density at radius 1 is 1.10 bits per heavy atom. The molecule has 0 bridgehead atoms. The van der Waals surface area contributed by atoms with E-state index in [1.54, 1.807) is 11.3 Å². The molecule has 0 saturated carbocycles. The van der Waals surface area contributed by atoms with Gasteiger partial charge in [-0.3, -0.25) is 9.59 Å². The number of carbonyl (C=O) groups excluding carboxylic acids is 1. The van der Waals surface area contributed by atoms with E-state index in [1.807, 2.05) is 41.8 Å². The molecule has 0 aliphatic heterocycles. The summed E-state index contributed by atoms with van der Waals surface area (Å²) >= 11 is 1.65. The first-order valence-corrected chi connectivity index (χ1v) is 7.69. The standard InChI is InChI=1S/C16H17NO3S/c18-15(8-1-2-9-16(19)20)17-13-6-3-5-12(11-13)14-7-4-10-21-14/h3-7,10-11H,1-2,8-9H2,(H,17,18)(H,19,20). The number of anilines is 1. The molecule has 5 heteroatoms. The van der Waals surface area contributed by atoms with Gasteiger partial charge in [0.2, 0.25) is 5.91 Å². The average Bonchev–Trinajstić information content (AvgIpc) is 2.98. The summed E-state index contributed by atoms with van der Waals surface area (Å²) in [6, 6.07) is 11.8. The van der Waals surface area contributed by atoms with Crippen LogP contribution in [-0.4, -0.2) is 17.0 Å². The van der Waals surface area contributed by atoms with Gasteiger partial charge in [-0.2, -0.15) is 0 Å². The molecule has 4 nitrogen and oxygen atoms in total. The van der Waals surface area contributed by atoms with E-state index >= 15 is 0 Å². The number of carboxylic acids is 1. The van der Waals surface area contributed by atoms with Crippen molar-refractivity contribution in [2.24, 2.45) is 0 Å². The third-order valence-electron chi connectivity index (χ3n) is 3.00. The first-order chi connectivity index (χ1) is 10.1. The van der Waals surface area contributed by atoms with E-state index in [4.69, 9.17) is 5.11 Å². The zero-order chi connectivity index (χ0) is 15.1. The quantitative estimate of drug-likeness (QED) is 0.760. The van der Waals surface area contributed by atoms with Crippen LogP contribution in [0.5, 0.6) is 0 Å².